The first-order valence-electron chi connectivity index (χ1n) is 9.68. The zero-order chi connectivity index (χ0) is 20.6. The van der Waals surface area contributed by atoms with Gasteiger partial charge in [-0.3, -0.25) is 9.59 Å². The molecule has 0 aliphatic rings. The van der Waals surface area contributed by atoms with E-state index in [1.54, 1.807) is 35.6 Å². The van der Waals surface area contributed by atoms with Crippen molar-refractivity contribution in [1.82, 2.24) is 5.32 Å². The number of hydrogen-bond acceptors (Lipinski definition) is 3. The van der Waals surface area contributed by atoms with Crippen molar-refractivity contribution < 1.29 is 14.9 Å². The second-order valence-corrected chi connectivity index (χ2v) is 7.81. The number of benzene rings is 2. The van der Waals surface area contributed by atoms with Crippen LogP contribution >= 0.6 is 11.3 Å². The van der Waals surface area contributed by atoms with E-state index in [0.717, 1.165) is 0 Å². The van der Waals surface area contributed by atoms with Gasteiger partial charge in [0.05, 0.1) is 4.88 Å². The van der Waals surface area contributed by atoms with Gasteiger partial charge in [0.15, 0.2) is 6.54 Å². The molecular formula is C23H26N3O2S+. The van der Waals surface area contributed by atoms with E-state index >= 15 is 0 Å². The number of rotatable bonds is 8. The summed E-state index contributed by atoms with van der Waals surface area (Å²) in [6, 6.07) is 19.6. The molecule has 3 aromatic rings. The van der Waals surface area contributed by atoms with Gasteiger partial charge >= 0.3 is 0 Å². The molecule has 2 aromatic carbocycles. The molecule has 1 heterocycles. The fourth-order valence-electron chi connectivity index (χ4n) is 3.10. The molecule has 2 amide bonds. The maximum atomic E-state index is 12.5. The van der Waals surface area contributed by atoms with Crippen molar-refractivity contribution in [1.29, 1.82) is 0 Å². The minimum Gasteiger partial charge on any atom is -0.352 e. The Balaban J connectivity index is 1.66. The second kappa shape index (κ2) is 10.0. The second-order valence-electron chi connectivity index (χ2n) is 6.83. The van der Waals surface area contributed by atoms with Crippen LogP contribution < -0.4 is 16.0 Å². The monoisotopic (exact) mass is 408 g/mol. The molecule has 0 aliphatic heterocycles. The average molecular weight is 409 g/mol. The van der Waals surface area contributed by atoms with Gasteiger partial charge in [-0.2, -0.15) is 0 Å². The maximum absolute atomic E-state index is 12.5. The Hall–Kier alpha value is -2.96. The number of aryl methyl sites for hydroxylation is 1. The predicted molar refractivity (Wildman–Crippen MR) is 117 cm³/mol. The first-order chi connectivity index (χ1) is 14.1. The van der Waals surface area contributed by atoms with Crippen molar-refractivity contribution in [3.63, 3.8) is 0 Å². The standard InChI is InChI=1S/C23H25N3O2S/c1-3-24-23(28)18-6-4-7-19(14-18)26-21(27)15-25-22(20-8-5-13-29-20)17-11-9-16(2)10-12-17/h4-14,22,25H,3,15H2,1-2H3,(H,24,28)(H,26,27)/p+1/t22-/m0/s1. The average Bonchev–Trinajstić information content (AvgIpc) is 3.24. The van der Waals surface area contributed by atoms with Crippen molar-refractivity contribution in [2.75, 3.05) is 18.4 Å². The predicted octanol–water partition coefficient (Wildman–Crippen LogP) is 3.10. The lowest BCUT2D eigenvalue weighted by molar-refractivity contribution is -0.675. The summed E-state index contributed by atoms with van der Waals surface area (Å²) in [5, 5.41) is 9.75. The molecule has 0 spiro atoms. The van der Waals surface area contributed by atoms with Crippen molar-refractivity contribution in [2.24, 2.45) is 0 Å². The van der Waals surface area contributed by atoms with E-state index in [4.69, 9.17) is 0 Å². The van der Waals surface area contributed by atoms with Crippen LogP contribution in [0.3, 0.4) is 0 Å². The van der Waals surface area contributed by atoms with E-state index < -0.39 is 0 Å². The zero-order valence-corrected chi connectivity index (χ0v) is 17.5. The van der Waals surface area contributed by atoms with Crippen LogP contribution in [0.1, 0.15) is 39.3 Å². The largest absolute Gasteiger partial charge is 0.352 e. The summed E-state index contributed by atoms with van der Waals surface area (Å²) < 4.78 is 0. The molecule has 29 heavy (non-hydrogen) atoms. The fraction of sp³-hybridized carbons (Fsp3) is 0.217. The normalized spacial score (nSPS) is 11.7. The van der Waals surface area contributed by atoms with Crippen LogP contribution in [-0.2, 0) is 4.79 Å². The third-order valence-electron chi connectivity index (χ3n) is 4.57. The topological polar surface area (TPSA) is 74.8 Å². The molecular weight excluding hydrogens is 382 g/mol. The summed E-state index contributed by atoms with van der Waals surface area (Å²) in [5.41, 5.74) is 3.53. The van der Waals surface area contributed by atoms with Crippen molar-refractivity contribution in [3.05, 3.63) is 87.6 Å². The van der Waals surface area contributed by atoms with E-state index in [1.165, 1.54) is 16.0 Å². The number of carbonyl (C=O) groups is 2. The number of thiophene rings is 1. The first kappa shape index (κ1) is 20.8. The van der Waals surface area contributed by atoms with E-state index in [9.17, 15) is 9.59 Å². The molecule has 0 saturated carbocycles. The van der Waals surface area contributed by atoms with Crippen LogP contribution in [0.2, 0.25) is 0 Å². The molecule has 150 valence electrons. The number of nitrogens with two attached hydrogens (primary N) is 1. The maximum Gasteiger partial charge on any atom is 0.279 e. The van der Waals surface area contributed by atoms with Gasteiger partial charge in [0.2, 0.25) is 0 Å². The van der Waals surface area contributed by atoms with Crippen molar-refractivity contribution in [3.8, 4) is 0 Å². The molecule has 4 N–H and O–H groups in total. The van der Waals surface area contributed by atoms with Crippen molar-refractivity contribution >= 4 is 28.8 Å². The summed E-state index contributed by atoms with van der Waals surface area (Å²) in [7, 11) is 0. The molecule has 0 unspecified atom stereocenters. The summed E-state index contributed by atoms with van der Waals surface area (Å²) in [5.74, 6) is -0.251. The molecule has 0 fully saturated rings. The third-order valence-corrected chi connectivity index (χ3v) is 5.53. The lowest BCUT2D eigenvalue weighted by atomic mass is 10.0. The lowest BCUT2D eigenvalue weighted by Crippen LogP contribution is -2.87. The fourth-order valence-corrected chi connectivity index (χ4v) is 3.95. The number of nitrogens with one attached hydrogen (secondary N) is 2. The smallest absolute Gasteiger partial charge is 0.279 e. The molecule has 1 aromatic heterocycles. The first-order valence-corrected chi connectivity index (χ1v) is 10.6. The highest BCUT2D eigenvalue weighted by atomic mass is 32.1. The van der Waals surface area contributed by atoms with Gasteiger partial charge in [-0.05, 0) is 43.5 Å². The van der Waals surface area contributed by atoms with Crippen LogP contribution in [0.15, 0.2) is 66.0 Å². The van der Waals surface area contributed by atoms with Crippen LogP contribution in [0.25, 0.3) is 0 Å². The molecule has 0 bridgehead atoms. The summed E-state index contributed by atoms with van der Waals surface area (Å²) in [6.07, 6.45) is 0. The molecule has 0 aliphatic carbocycles. The van der Waals surface area contributed by atoms with Crippen LogP contribution in [0.4, 0.5) is 5.69 Å². The minimum atomic E-state index is -0.146. The minimum absolute atomic E-state index is 0.0722. The van der Waals surface area contributed by atoms with E-state index in [1.807, 2.05) is 18.3 Å². The Kier molecular flexibility index (Phi) is 7.16. The molecule has 3 rings (SSSR count). The molecule has 0 saturated heterocycles. The Bertz CT molecular complexity index is 953. The third kappa shape index (κ3) is 5.76. The highest BCUT2D eigenvalue weighted by molar-refractivity contribution is 7.10. The number of carbonyl (C=O) groups excluding carboxylic acids is 2. The number of quaternary nitrogens is 1. The van der Waals surface area contributed by atoms with Gasteiger partial charge in [-0.15, -0.1) is 11.3 Å². The SMILES string of the molecule is CCNC(=O)c1cccc(NC(=O)C[NH2+][C@@H](c2ccc(C)cc2)c2cccs2)c1. The van der Waals surface area contributed by atoms with E-state index in [2.05, 4.69) is 53.3 Å². The van der Waals surface area contributed by atoms with Gasteiger partial charge in [-0.1, -0.05) is 42.0 Å². The van der Waals surface area contributed by atoms with Gasteiger partial charge in [0, 0.05) is 23.4 Å². The van der Waals surface area contributed by atoms with Crippen molar-refractivity contribution in [2.45, 2.75) is 19.9 Å². The Morgan fingerprint density at radius 2 is 1.86 bits per heavy atom. The Morgan fingerprint density at radius 1 is 1.07 bits per heavy atom. The van der Waals surface area contributed by atoms with Crippen LogP contribution in [0, 0.1) is 6.92 Å². The number of amides is 2. The van der Waals surface area contributed by atoms with Gasteiger partial charge in [-0.25, -0.2) is 0 Å². The van der Waals surface area contributed by atoms with E-state index in [0.29, 0.717) is 17.8 Å². The summed E-state index contributed by atoms with van der Waals surface area (Å²) in [6.45, 7) is 4.78. The summed E-state index contributed by atoms with van der Waals surface area (Å²) in [4.78, 5) is 25.7. The van der Waals surface area contributed by atoms with Gasteiger partial charge < -0.3 is 16.0 Å². The molecule has 0 radical (unpaired) electrons. The Morgan fingerprint density at radius 3 is 2.55 bits per heavy atom. The zero-order valence-electron chi connectivity index (χ0n) is 16.6. The molecule has 5 nitrogen and oxygen atoms in total. The van der Waals surface area contributed by atoms with Gasteiger partial charge in [0.25, 0.3) is 11.8 Å². The lowest BCUT2D eigenvalue weighted by Gasteiger charge is -2.15. The van der Waals surface area contributed by atoms with Gasteiger partial charge in [0.1, 0.15) is 6.04 Å². The van der Waals surface area contributed by atoms with E-state index in [-0.39, 0.29) is 24.4 Å². The Labute approximate surface area is 175 Å². The number of anilines is 1. The number of hydrogen-bond donors (Lipinski definition) is 3. The van der Waals surface area contributed by atoms with Crippen LogP contribution in [0.5, 0.6) is 0 Å². The highest BCUT2D eigenvalue weighted by Gasteiger charge is 2.20. The quantitative estimate of drug-likeness (QED) is 0.536. The molecule has 1 atom stereocenters. The summed E-state index contributed by atoms with van der Waals surface area (Å²) >= 11 is 1.69. The highest BCUT2D eigenvalue weighted by Crippen LogP contribution is 2.23. The molecule has 6 heteroatoms. The van der Waals surface area contributed by atoms with Crippen LogP contribution in [-0.4, -0.2) is 24.9 Å².